The number of para-hydroxylation sites is 1. The van der Waals surface area contributed by atoms with E-state index in [0.717, 1.165) is 47.8 Å². The lowest BCUT2D eigenvalue weighted by atomic mass is 9.90. The highest BCUT2D eigenvalue weighted by Crippen LogP contribution is 2.30. The normalized spacial score (nSPS) is 16.6. The van der Waals surface area contributed by atoms with Crippen molar-refractivity contribution in [2.24, 2.45) is 5.92 Å². The van der Waals surface area contributed by atoms with Gasteiger partial charge >= 0.3 is 11.9 Å². The molecule has 1 aromatic heterocycles. The van der Waals surface area contributed by atoms with Crippen LogP contribution in [-0.4, -0.2) is 54.0 Å². The van der Waals surface area contributed by atoms with E-state index in [2.05, 4.69) is 0 Å². The van der Waals surface area contributed by atoms with Crippen LogP contribution in [-0.2, 0) is 31.9 Å². The Morgan fingerprint density at radius 3 is 2.58 bits per heavy atom. The van der Waals surface area contributed by atoms with Crippen LogP contribution in [0.15, 0.2) is 24.3 Å². The van der Waals surface area contributed by atoms with E-state index in [0.29, 0.717) is 38.1 Å². The number of aromatic nitrogens is 1. The van der Waals surface area contributed by atoms with Crippen molar-refractivity contribution in [2.45, 2.75) is 45.4 Å². The summed E-state index contributed by atoms with van der Waals surface area (Å²) in [5.74, 6) is -1.06. The largest absolute Gasteiger partial charge is 0.466 e. The van der Waals surface area contributed by atoms with Gasteiger partial charge in [-0.15, -0.1) is 0 Å². The maximum atomic E-state index is 13.0. The van der Waals surface area contributed by atoms with Crippen LogP contribution in [0.1, 0.15) is 54.2 Å². The Balaban J connectivity index is 1.42. The molecule has 4 rings (SSSR count). The highest BCUT2D eigenvalue weighted by molar-refractivity contribution is 6.05. The Kier molecular flexibility index (Phi) is 6.49. The molecule has 0 N–H and O–H groups in total. The van der Waals surface area contributed by atoms with Crippen LogP contribution in [0, 0.1) is 5.92 Å². The van der Waals surface area contributed by atoms with Crippen molar-refractivity contribution in [1.29, 1.82) is 0 Å². The molecule has 1 saturated heterocycles. The van der Waals surface area contributed by atoms with Gasteiger partial charge in [-0.1, -0.05) is 18.2 Å². The van der Waals surface area contributed by atoms with E-state index >= 15 is 0 Å². The molecule has 1 amide bonds. The number of ether oxygens (including phenoxy) is 2. The van der Waals surface area contributed by atoms with Gasteiger partial charge in [-0.05, 0) is 57.1 Å². The molecular weight excluding hydrogens is 396 g/mol. The van der Waals surface area contributed by atoms with E-state index in [1.165, 1.54) is 0 Å². The minimum absolute atomic E-state index is 0.166. The van der Waals surface area contributed by atoms with E-state index in [1.54, 1.807) is 11.8 Å². The number of hydrogen-bond donors (Lipinski definition) is 0. The van der Waals surface area contributed by atoms with Crippen molar-refractivity contribution in [3.05, 3.63) is 41.1 Å². The molecule has 0 spiro atoms. The summed E-state index contributed by atoms with van der Waals surface area (Å²) in [6.45, 7) is 2.78. The lowest BCUT2D eigenvalue weighted by Crippen LogP contribution is -2.42. The first-order valence-corrected chi connectivity index (χ1v) is 11.1. The van der Waals surface area contributed by atoms with Gasteiger partial charge in [0.25, 0.3) is 5.91 Å². The van der Waals surface area contributed by atoms with Gasteiger partial charge < -0.3 is 14.4 Å². The molecule has 7 nitrogen and oxygen atoms in total. The van der Waals surface area contributed by atoms with Gasteiger partial charge in [0, 0.05) is 24.2 Å². The van der Waals surface area contributed by atoms with Crippen molar-refractivity contribution < 1.29 is 23.9 Å². The number of benzene rings is 1. The van der Waals surface area contributed by atoms with Crippen LogP contribution >= 0.6 is 0 Å². The smallest absolute Gasteiger partial charge is 0.339 e. The van der Waals surface area contributed by atoms with Crippen LogP contribution in [0.4, 0.5) is 0 Å². The van der Waals surface area contributed by atoms with Crippen LogP contribution in [0.5, 0.6) is 0 Å². The molecule has 2 aliphatic rings. The van der Waals surface area contributed by atoms with E-state index in [9.17, 15) is 14.4 Å². The Morgan fingerprint density at radius 2 is 1.81 bits per heavy atom. The van der Waals surface area contributed by atoms with Gasteiger partial charge in [0.05, 0.1) is 23.6 Å². The minimum Gasteiger partial charge on any atom is -0.466 e. The number of likely N-dealkylation sites (tertiary alicyclic amines) is 1. The predicted octanol–water partition coefficient (Wildman–Crippen LogP) is 3.07. The number of pyridine rings is 1. The summed E-state index contributed by atoms with van der Waals surface area (Å²) in [4.78, 5) is 43.9. The number of esters is 2. The summed E-state index contributed by atoms with van der Waals surface area (Å²) in [6.07, 6.45) is 4.87. The second-order valence-electron chi connectivity index (χ2n) is 8.12. The van der Waals surface area contributed by atoms with Crippen molar-refractivity contribution in [1.82, 2.24) is 9.88 Å². The maximum absolute atomic E-state index is 13.0. The zero-order valence-electron chi connectivity index (χ0n) is 17.9. The summed E-state index contributed by atoms with van der Waals surface area (Å²) < 4.78 is 10.5. The van der Waals surface area contributed by atoms with E-state index in [1.807, 2.05) is 24.3 Å². The fraction of sp³-hybridized carbons (Fsp3) is 0.500. The molecule has 0 atom stereocenters. The number of amides is 1. The zero-order chi connectivity index (χ0) is 21.8. The third-order valence-corrected chi connectivity index (χ3v) is 6.17. The average molecular weight is 424 g/mol. The Bertz CT molecular complexity index is 995. The average Bonchev–Trinajstić information content (AvgIpc) is 2.81. The van der Waals surface area contributed by atoms with Gasteiger partial charge in [-0.2, -0.15) is 0 Å². The monoisotopic (exact) mass is 424 g/mol. The molecule has 1 aromatic carbocycles. The summed E-state index contributed by atoms with van der Waals surface area (Å²) in [7, 11) is 0. The van der Waals surface area contributed by atoms with Crippen LogP contribution < -0.4 is 0 Å². The number of nitrogens with zero attached hydrogens (tertiary/aromatic N) is 2. The predicted molar refractivity (Wildman–Crippen MR) is 115 cm³/mol. The number of hydrogen-bond acceptors (Lipinski definition) is 6. The van der Waals surface area contributed by atoms with E-state index in [4.69, 9.17) is 14.5 Å². The van der Waals surface area contributed by atoms with Gasteiger partial charge in [0.1, 0.15) is 0 Å². The molecule has 0 bridgehead atoms. The molecule has 0 unspecified atom stereocenters. The third kappa shape index (κ3) is 4.55. The second-order valence-corrected chi connectivity index (χ2v) is 8.12. The number of carbonyl (C=O) groups is 3. The molecule has 1 aliphatic heterocycles. The number of carbonyl (C=O) groups excluding carboxylic acids is 3. The number of fused-ring (bicyclic) bond motifs is 2. The van der Waals surface area contributed by atoms with E-state index < -0.39 is 5.97 Å². The summed E-state index contributed by atoms with van der Waals surface area (Å²) >= 11 is 0. The Hall–Kier alpha value is -2.96. The minimum atomic E-state index is -0.466. The molecule has 31 heavy (non-hydrogen) atoms. The molecule has 1 aliphatic carbocycles. The Labute approximate surface area is 181 Å². The van der Waals surface area contributed by atoms with Crippen LogP contribution in [0.25, 0.3) is 10.9 Å². The molecular formula is C24H28N2O5. The molecule has 2 aromatic rings. The fourth-order valence-corrected chi connectivity index (χ4v) is 4.52. The van der Waals surface area contributed by atoms with Crippen molar-refractivity contribution in [3.8, 4) is 0 Å². The molecule has 0 saturated carbocycles. The first-order chi connectivity index (χ1) is 15.1. The first kappa shape index (κ1) is 21.3. The van der Waals surface area contributed by atoms with Gasteiger partial charge in [0.2, 0.25) is 0 Å². The summed E-state index contributed by atoms with van der Waals surface area (Å²) in [5, 5.41) is 0.774. The van der Waals surface area contributed by atoms with Crippen molar-refractivity contribution in [2.75, 3.05) is 26.3 Å². The standard InChI is InChI=1S/C24H28N2O5/c1-2-30-23(28)16-11-13-26(14-12-16)21(27)15-31-24(29)22-17-7-3-5-9-19(17)25-20-10-6-4-8-18(20)22/h3,5,7,9,16H,2,4,6,8,10-15H2,1H3. The lowest BCUT2D eigenvalue weighted by molar-refractivity contribution is -0.151. The van der Waals surface area contributed by atoms with Crippen molar-refractivity contribution in [3.63, 3.8) is 0 Å². The molecule has 164 valence electrons. The summed E-state index contributed by atoms with van der Waals surface area (Å²) in [5.41, 5.74) is 3.25. The van der Waals surface area contributed by atoms with E-state index in [-0.39, 0.29) is 24.4 Å². The highest BCUT2D eigenvalue weighted by atomic mass is 16.5. The lowest BCUT2D eigenvalue weighted by Gasteiger charge is -2.30. The summed E-state index contributed by atoms with van der Waals surface area (Å²) in [6, 6.07) is 7.58. The number of rotatable bonds is 5. The molecule has 0 radical (unpaired) electrons. The van der Waals surface area contributed by atoms with Crippen LogP contribution in [0.2, 0.25) is 0 Å². The third-order valence-electron chi connectivity index (χ3n) is 6.17. The Morgan fingerprint density at radius 1 is 1.06 bits per heavy atom. The van der Waals surface area contributed by atoms with Crippen molar-refractivity contribution >= 4 is 28.7 Å². The SMILES string of the molecule is CCOC(=O)C1CCN(C(=O)COC(=O)c2c3c(nc4ccccc24)CCCC3)CC1. The van der Waals surface area contributed by atoms with Crippen LogP contribution in [0.3, 0.4) is 0 Å². The van der Waals surface area contributed by atoms with Gasteiger partial charge in [0.15, 0.2) is 6.61 Å². The quantitative estimate of drug-likeness (QED) is 0.686. The first-order valence-electron chi connectivity index (χ1n) is 11.1. The molecule has 7 heteroatoms. The second kappa shape index (κ2) is 9.45. The number of aryl methyl sites for hydroxylation is 1. The van der Waals surface area contributed by atoms with Gasteiger partial charge in [-0.3, -0.25) is 14.6 Å². The topological polar surface area (TPSA) is 85.8 Å². The number of piperidine rings is 1. The molecule has 2 heterocycles. The fourth-order valence-electron chi connectivity index (χ4n) is 4.52. The zero-order valence-corrected chi connectivity index (χ0v) is 17.9. The maximum Gasteiger partial charge on any atom is 0.339 e. The molecule has 1 fully saturated rings. The van der Waals surface area contributed by atoms with Gasteiger partial charge in [-0.25, -0.2) is 4.79 Å². The highest BCUT2D eigenvalue weighted by Gasteiger charge is 2.29.